The fourth-order valence-corrected chi connectivity index (χ4v) is 4.24. The molecular weight excluding hydrogens is 302 g/mol. The minimum Gasteiger partial charge on any atom is -0.481 e. The molecule has 1 heterocycles. The number of benzene rings is 1. The van der Waals surface area contributed by atoms with Gasteiger partial charge in [-0.05, 0) is 24.3 Å². The van der Waals surface area contributed by atoms with Gasteiger partial charge in [0.2, 0.25) is 5.91 Å². The van der Waals surface area contributed by atoms with Crippen molar-refractivity contribution in [3.8, 4) is 0 Å². The standard InChI is InChI=1S/C20H27NO3/c22-19(12-15-8-4-1-2-5-9-15)21-13-17(18(14-21)20(23)24)16-10-6-3-7-11-16/h3,6-7,10-11,15,17-18H,1-2,4-5,8-9,12-14H2,(H,23,24)/t17-,18-/m1/s1. The Balaban J connectivity index is 1.66. The molecular formula is C20H27NO3. The van der Waals surface area contributed by atoms with E-state index in [1.807, 2.05) is 30.3 Å². The number of rotatable bonds is 4. The fourth-order valence-electron chi connectivity index (χ4n) is 4.24. The topological polar surface area (TPSA) is 57.6 Å². The van der Waals surface area contributed by atoms with Crippen LogP contribution in [0.15, 0.2) is 30.3 Å². The van der Waals surface area contributed by atoms with Gasteiger partial charge in [0.25, 0.3) is 0 Å². The van der Waals surface area contributed by atoms with E-state index in [-0.39, 0.29) is 11.8 Å². The number of carbonyl (C=O) groups is 2. The zero-order chi connectivity index (χ0) is 16.9. The van der Waals surface area contributed by atoms with E-state index in [9.17, 15) is 14.7 Å². The van der Waals surface area contributed by atoms with Crippen LogP contribution in [0.5, 0.6) is 0 Å². The monoisotopic (exact) mass is 329 g/mol. The maximum Gasteiger partial charge on any atom is 0.308 e. The molecule has 24 heavy (non-hydrogen) atoms. The highest BCUT2D eigenvalue weighted by atomic mass is 16.4. The molecule has 1 saturated carbocycles. The Morgan fingerprint density at radius 1 is 1.00 bits per heavy atom. The quantitative estimate of drug-likeness (QED) is 0.857. The van der Waals surface area contributed by atoms with Gasteiger partial charge in [0.15, 0.2) is 0 Å². The van der Waals surface area contributed by atoms with Crippen molar-refractivity contribution in [2.75, 3.05) is 13.1 Å². The van der Waals surface area contributed by atoms with Crippen LogP contribution in [0.3, 0.4) is 0 Å². The normalized spacial score (nSPS) is 25.4. The second-order valence-electron chi connectivity index (χ2n) is 7.32. The predicted molar refractivity (Wildman–Crippen MR) is 92.7 cm³/mol. The lowest BCUT2D eigenvalue weighted by molar-refractivity contribution is -0.141. The van der Waals surface area contributed by atoms with Gasteiger partial charge in [-0.25, -0.2) is 0 Å². The number of carboxylic acids is 1. The molecule has 1 aromatic carbocycles. The van der Waals surface area contributed by atoms with Crippen LogP contribution >= 0.6 is 0 Å². The Morgan fingerprint density at radius 3 is 2.29 bits per heavy atom. The first kappa shape index (κ1) is 17.0. The summed E-state index contributed by atoms with van der Waals surface area (Å²) in [4.78, 5) is 26.1. The summed E-state index contributed by atoms with van der Waals surface area (Å²) in [6, 6.07) is 9.75. The fraction of sp³-hybridized carbons (Fsp3) is 0.600. The smallest absolute Gasteiger partial charge is 0.308 e. The zero-order valence-electron chi connectivity index (χ0n) is 14.2. The number of hydrogen-bond acceptors (Lipinski definition) is 2. The van der Waals surface area contributed by atoms with Crippen LogP contribution in [0.1, 0.15) is 56.4 Å². The summed E-state index contributed by atoms with van der Waals surface area (Å²) in [5.41, 5.74) is 1.02. The van der Waals surface area contributed by atoms with Crippen molar-refractivity contribution in [3.63, 3.8) is 0 Å². The Morgan fingerprint density at radius 2 is 1.67 bits per heavy atom. The molecule has 4 heteroatoms. The highest BCUT2D eigenvalue weighted by Gasteiger charge is 2.40. The van der Waals surface area contributed by atoms with Gasteiger partial charge >= 0.3 is 5.97 Å². The summed E-state index contributed by atoms with van der Waals surface area (Å²) in [5.74, 6) is -0.758. The van der Waals surface area contributed by atoms with Crippen LogP contribution in [-0.4, -0.2) is 35.0 Å². The molecule has 0 bridgehead atoms. The summed E-state index contributed by atoms with van der Waals surface area (Å²) in [7, 11) is 0. The molecule has 0 spiro atoms. The van der Waals surface area contributed by atoms with Crippen molar-refractivity contribution in [1.82, 2.24) is 4.90 Å². The van der Waals surface area contributed by atoms with Crippen LogP contribution in [-0.2, 0) is 9.59 Å². The van der Waals surface area contributed by atoms with Crippen molar-refractivity contribution in [2.45, 2.75) is 50.9 Å². The van der Waals surface area contributed by atoms with E-state index >= 15 is 0 Å². The number of amides is 1. The van der Waals surface area contributed by atoms with Crippen LogP contribution < -0.4 is 0 Å². The Kier molecular flexibility index (Phi) is 5.54. The third-order valence-electron chi connectivity index (χ3n) is 5.66. The van der Waals surface area contributed by atoms with Gasteiger partial charge in [-0.15, -0.1) is 0 Å². The Bertz CT molecular complexity index is 564. The highest BCUT2D eigenvalue weighted by molar-refractivity contribution is 5.79. The van der Waals surface area contributed by atoms with Crippen LogP contribution in [0.4, 0.5) is 0 Å². The van der Waals surface area contributed by atoms with E-state index < -0.39 is 11.9 Å². The maximum atomic E-state index is 12.7. The van der Waals surface area contributed by atoms with Gasteiger partial charge in [0, 0.05) is 25.4 Å². The van der Waals surface area contributed by atoms with Gasteiger partial charge in [-0.1, -0.05) is 56.0 Å². The molecule has 1 N–H and O–H groups in total. The molecule has 2 fully saturated rings. The molecule has 1 aliphatic heterocycles. The second-order valence-corrected chi connectivity index (χ2v) is 7.32. The van der Waals surface area contributed by atoms with Crippen molar-refractivity contribution in [2.24, 2.45) is 11.8 Å². The predicted octanol–water partition coefficient (Wildman–Crippen LogP) is 3.67. The van der Waals surface area contributed by atoms with Crippen LogP contribution in [0.25, 0.3) is 0 Å². The molecule has 0 radical (unpaired) electrons. The number of carboxylic acid groups (broad SMARTS) is 1. The number of carbonyl (C=O) groups excluding carboxylic acids is 1. The minimum absolute atomic E-state index is 0.0956. The maximum absolute atomic E-state index is 12.7. The first-order valence-electron chi connectivity index (χ1n) is 9.20. The average Bonchev–Trinajstić information content (AvgIpc) is 2.89. The van der Waals surface area contributed by atoms with E-state index in [0.717, 1.165) is 18.4 Å². The summed E-state index contributed by atoms with van der Waals surface area (Å²) >= 11 is 0. The Labute approximate surface area is 143 Å². The summed E-state index contributed by atoms with van der Waals surface area (Å²) in [6.07, 6.45) is 7.89. The third kappa shape index (κ3) is 3.97. The SMILES string of the molecule is O=C(O)[C@@H]1CN(C(=O)CC2CCCCCC2)C[C@@H]1c1ccccc1. The number of likely N-dealkylation sites (tertiary alicyclic amines) is 1. The van der Waals surface area contributed by atoms with Crippen LogP contribution in [0.2, 0.25) is 0 Å². The van der Waals surface area contributed by atoms with Crippen molar-refractivity contribution in [3.05, 3.63) is 35.9 Å². The lowest BCUT2D eigenvalue weighted by Gasteiger charge is -2.20. The third-order valence-corrected chi connectivity index (χ3v) is 5.66. The van der Waals surface area contributed by atoms with Gasteiger partial charge in [-0.3, -0.25) is 9.59 Å². The number of nitrogens with zero attached hydrogens (tertiary/aromatic N) is 1. The first-order chi connectivity index (χ1) is 11.6. The number of aliphatic carboxylic acids is 1. The van der Waals surface area contributed by atoms with E-state index in [1.54, 1.807) is 4.90 Å². The summed E-state index contributed by atoms with van der Waals surface area (Å²) in [5, 5.41) is 9.57. The van der Waals surface area contributed by atoms with Gasteiger partial charge in [-0.2, -0.15) is 0 Å². The summed E-state index contributed by atoms with van der Waals surface area (Å²) < 4.78 is 0. The van der Waals surface area contributed by atoms with Gasteiger partial charge in [0.1, 0.15) is 0 Å². The molecule has 130 valence electrons. The number of hydrogen-bond donors (Lipinski definition) is 1. The largest absolute Gasteiger partial charge is 0.481 e. The van der Waals surface area contributed by atoms with Crippen LogP contribution in [0, 0.1) is 11.8 Å². The van der Waals surface area contributed by atoms with E-state index in [4.69, 9.17) is 0 Å². The zero-order valence-corrected chi connectivity index (χ0v) is 14.2. The first-order valence-corrected chi connectivity index (χ1v) is 9.20. The van der Waals surface area contributed by atoms with E-state index in [1.165, 1.54) is 25.7 Å². The van der Waals surface area contributed by atoms with E-state index in [2.05, 4.69) is 0 Å². The molecule has 0 unspecified atom stereocenters. The summed E-state index contributed by atoms with van der Waals surface area (Å²) in [6.45, 7) is 0.882. The molecule has 1 saturated heterocycles. The Hall–Kier alpha value is -1.84. The lowest BCUT2D eigenvalue weighted by atomic mass is 9.89. The lowest BCUT2D eigenvalue weighted by Crippen LogP contribution is -2.31. The molecule has 3 rings (SSSR count). The van der Waals surface area contributed by atoms with Crippen molar-refractivity contribution in [1.29, 1.82) is 0 Å². The molecule has 2 atom stereocenters. The van der Waals surface area contributed by atoms with E-state index in [0.29, 0.717) is 25.4 Å². The average molecular weight is 329 g/mol. The molecule has 0 aromatic heterocycles. The minimum atomic E-state index is -0.798. The molecule has 1 aromatic rings. The van der Waals surface area contributed by atoms with Gasteiger partial charge in [0.05, 0.1) is 5.92 Å². The molecule has 1 aliphatic carbocycles. The molecule has 1 amide bonds. The molecule has 2 aliphatic rings. The van der Waals surface area contributed by atoms with Crippen molar-refractivity contribution < 1.29 is 14.7 Å². The highest BCUT2D eigenvalue weighted by Crippen LogP contribution is 2.34. The molecule has 4 nitrogen and oxygen atoms in total. The second kappa shape index (κ2) is 7.82. The van der Waals surface area contributed by atoms with Crippen molar-refractivity contribution >= 4 is 11.9 Å². The van der Waals surface area contributed by atoms with Gasteiger partial charge < -0.3 is 10.0 Å².